The molecule has 0 aliphatic carbocycles. The fourth-order valence-corrected chi connectivity index (χ4v) is 1.51. The highest BCUT2D eigenvalue weighted by Crippen LogP contribution is 2.10. The number of quaternary nitrogens is 1. The molecule has 1 aromatic carbocycles. The van der Waals surface area contributed by atoms with Gasteiger partial charge >= 0.3 is 5.97 Å². The van der Waals surface area contributed by atoms with E-state index in [0.717, 1.165) is 0 Å². The van der Waals surface area contributed by atoms with E-state index in [0.29, 0.717) is 6.04 Å². The second kappa shape index (κ2) is 9.09. The normalized spacial score (nSPS) is 14.4. The third-order valence-corrected chi connectivity index (χ3v) is 2.90. The van der Waals surface area contributed by atoms with Crippen LogP contribution in [0.5, 0.6) is 0 Å². The van der Waals surface area contributed by atoms with Gasteiger partial charge in [-0.1, -0.05) is 44.2 Å². The summed E-state index contributed by atoms with van der Waals surface area (Å²) >= 11 is 0. The van der Waals surface area contributed by atoms with Crippen molar-refractivity contribution in [1.29, 1.82) is 0 Å². The largest absolute Gasteiger partial charge is 0.550 e. The average Bonchev–Trinajstić information content (AvgIpc) is 2.40. The first-order chi connectivity index (χ1) is 9.25. The summed E-state index contributed by atoms with van der Waals surface area (Å²) in [5, 5.41) is 18.6. The first kappa shape index (κ1) is 18.1. The summed E-state index contributed by atoms with van der Waals surface area (Å²) in [7, 11) is 0. The smallest absolute Gasteiger partial charge is 0.306 e. The molecule has 0 heterocycles. The molecule has 4 N–H and O–H groups in total. The van der Waals surface area contributed by atoms with Gasteiger partial charge in [-0.15, -0.1) is 0 Å². The molecule has 5 nitrogen and oxygen atoms in total. The van der Waals surface area contributed by atoms with Crippen molar-refractivity contribution in [1.82, 2.24) is 0 Å². The zero-order valence-corrected chi connectivity index (χ0v) is 12.2. The van der Waals surface area contributed by atoms with Crippen LogP contribution in [0.2, 0.25) is 0 Å². The Bertz CT molecular complexity index is 399. The van der Waals surface area contributed by atoms with Crippen LogP contribution in [0.1, 0.15) is 38.8 Å². The molecule has 0 aromatic heterocycles. The minimum atomic E-state index is -1.20. The van der Waals surface area contributed by atoms with Crippen LogP contribution in [0.4, 0.5) is 0 Å². The summed E-state index contributed by atoms with van der Waals surface area (Å²) in [4.78, 5) is 20.4. The second-order valence-corrected chi connectivity index (χ2v) is 5.01. The average molecular weight is 281 g/mol. The molecule has 1 rings (SSSR count). The summed E-state index contributed by atoms with van der Waals surface area (Å²) in [6.45, 7) is 5.01. The quantitative estimate of drug-likeness (QED) is 0.818. The van der Waals surface area contributed by atoms with Crippen LogP contribution in [0.3, 0.4) is 0 Å². The topological polar surface area (TPSA) is 105 Å². The summed E-state index contributed by atoms with van der Waals surface area (Å²) in [6, 6.07) is 10.7. The van der Waals surface area contributed by atoms with E-state index in [2.05, 4.69) is 24.8 Å². The Hall–Kier alpha value is -1.88. The minimum Gasteiger partial charge on any atom is -0.550 e. The zero-order valence-electron chi connectivity index (χ0n) is 12.2. The van der Waals surface area contributed by atoms with Gasteiger partial charge in [0, 0.05) is 11.5 Å². The Morgan fingerprint density at radius 3 is 1.95 bits per heavy atom. The molecule has 0 aliphatic heterocycles. The van der Waals surface area contributed by atoms with E-state index in [1.807, 2.05) is 18.2 Å². The monoisotopic (exact) mass is 281 g/mol. The lowest BCUT2D eigenvalue weighted by Crippen LogP contribution is -2.51. The van der Waals surface area contributed by atoms with Crippen molar-refractivity contribution in [2.45, 2.75) is 33.2 Å². The molecule has 0 aliphatic rings. The van der Waals surface area contributed by atoms with Gasteiger partial charge in [0.05, 0.1) is 5.92 Å². The molecule has 0 fully saturated rings. The van der Waals surface area contributed by atoms with Crippen molar-refractivity contribution in [2.24, 2.45) is 11.8 Å². The molecule has 20 heavy (non-hydrogen) atoms. The third kappa shape index (κ3) is 7.53. The predicted molar refractivity (Wildman–Crippen MR) is 73.3 cm³/mol. The van der Waals surface area contributed by atoms with E-state index in [9.17, 15) is 14.7 Å². The number of hydrogen-bond donors (Lipinski definition) is 2. The fourth-order valence-electron chi connectivity index (χ4n) is 1.51. The van der Waals surface area contributed by atoms with Crippen LogP contribution in [-0.2, 0) is 9.59 Å². The first-order valence-corrected chi connectivity index (χ1v) is 6.57. The Morgan fingerprint density at radius 1 is 1.15 bits per heavy atom. The molecule has 1 aromatic rings. The highest BCUT2D eigenvalue weighted by molar-refractivity contribution is 5.72. The van der Waals surface area contributed by atoms with E-state index >= 15 is 0 Å². The van der Waals surface area contributed by atoms with Crippen molar-refractivity contribution < 1.29 is 25.5 Å². The van der Waals surface area contributed by atoms with E-state index in [1.165, 1.54) is 19.4 Å². The lowest BCUT2D eigenvalue weighted by atomic mass is 9.98. The molecule has 112 valence electrons. The van der Waals surface area contributed by atoms with Gasteiger partial charge in [0.15, 0.2) is 0 Å². The standard InChI is InChI=1S/C8H11N.C7H12O4/c1-7(9)8-5-3-2-4-6-8;1-4(6(8)9)3-5(2)7(10)11/h2-7H,9H2,1H3;4-5H,3H2,1-2H3,(H,8,9)(H,10,11)/t7-;4-,5-/m11/s1. The Morgan fingerprint density at radius 2 is 1.65 bits per heavy atom. The van der Waals surface area contributed by atoms with Crippen LogP contribution in [0.15, 0.2) is 30.3 Å². The Labute approximate surface area is 119 Å². The number of hydrogen-bond acceptors (Lipinski definition) is 3. The van der Waals surface area contributed by atoms with Gasteiger partial charge in [-0.25, -0.2) is 0 Å². The van der Waals surface area contributed by atoms with Crippen molar-refractivity contribution in [3.05, 3.63) is 35.9 Å². The number of carbonyl (C=O) groups is 2. The maximum Gasteiger partial charge on any atom is 0.306 e. The van der Waals surface area contributed by atoms with Crippen molar-refractivity contribution >= 4 is 11.9 Å². The van der Waals surface area contributed by atoms with Gasteiger partial charge in [0.1, 0.15) is 6.04 Å². The van der Waals surface area contributed by atoms with E-state index in [-0.39, 0.29) is 6.42 Å². The van der Waals surface area contributed by atoms with Gasteiger partial charge in [0.2, 0.25) is 0 Å². The van der Waals surface area contributed by atoms with Crippen LogP contribution in [0.25, 0.3) is 0 Å². The van der Waals surface area contributed by atoms with Crippen LogP contribution < -0.4 is 10.8 Å². The minimum absolute atomic E-state index is 0.123. The summed E-state index contributed by atoms with van der Waals surface area (Å²) < 4.78 is 0. The maximum absolute atomic E-state index is 10.2. The molecule has 0 radical (unpaired) electrons. The van der Waals surface area contributed by atoms with Crippen LogP contribution in [-0.4, -0.2) is 17.0 Å². The molecular formula is C15H23NO4. The first-order valence-electron chi connectivity index (χ1n) is 6.57. The lowest BCUT2D eigenvalue weighted by Gasteiger charge is -2.14. The van der Waals surface area contributed by atoms with Gasteiger partial charge < -0.3 is 20.7 Å². The molecule has 5 heteroatoms. The van der Waals surface area contributed by atoms with E-state index < -0.39 is 23.8 Å². The molecular weight excluding hydrogens is 258 g/mol. The van der Waals surface area contributed by atoms with E-state index in [1.54, 1.807) is 0 Å². The van der Waals surface area contributed by atoms with Gasteiger partial charge in [0.25, 0.3) is 0 Å². The fraction of sp³-hybridized carbons (Fsp3) is 0.467. The number of carboxylic acid groups (broad SMARTS) is 2. The Kier molecular flexibility index (Phi) is 8.24. The number of carboxylic acids is 2. The van der Waals surface area contributed by atoms with Crippen LogP contribution in [0, 0.1) is 11.8 Å². The van der Waals surface area contributed by atoms with Gasteiger partial charge in [-0.3, -0.25) is 4.79 Å². The summed E-state index contributed by atoms with van der Waals surface area (Å²) in [5.41, 5.74) is 5.21. The summed E-state index contributed by atoms with van der Waals surface area (Å²) in [5.74, 6) is -3.49. The molecule has 0 saturated carbocycles. The third-order valence-electron chi connectivity index (χ3n) is 2.90. The van der Waals surface area contributed by atoms with Crippen molar-refractivity contribution in [3.8, 4) is 0 Å². The molecule has 0 bridgehead atoms. The van der Waals surface area contributed by atoms with Crippen LogP contribution >= 0.6 is 0 Å². The highest BCUT2D eigenvalue weighted by Gasteiger charge is 2.15. The van der Waals surface area contributed by atoms with Gasteiger partial charge in [-0.05, 0) is 19.3 Å². The molecule has 0 unspecified atom stereocenters. The second-order valence-electron chi connectivity index (χ2n) is 5.01. The van der Waals surface area contributed by atoms with Crippen molar-refractivity contribution in [2.75, 3.05) is 0 Å². The lowest BCUT2D eigenvalue weighted by molar-refractivity contribution is -0.420. The molecule has 0 amide bonds. The SMILES string of the molecule is C[C@@H]([NH3+])c1ccccc1.C[C@H](C[C@@H](C)C(=O)O)C(=O)[O-]. The number of rotatable bonds is 5. The zero-order chi connectivity index (χ0) is 15.7. The van der Waals surface area contributed by atoms with Crippen molar-refractivity contribution in [3.63, 3.8) is 0 Å². The predicted octanol–water partition coefficient (Wildman–Crippen LogP) is 0.473. The maximum atomic E-state index is 10.2. The molecule has 3 atom stereocenters. The van der Waals surface area contributed by atoms with E-state index in [4.69, 9.17) is 5.11 Å². The molecule has 0 spiro atoms. The number of carbonyl (C=O) groups excluding carboxylic acids is 1. The number of aliphatic carboxylic acids is 2. The molecule has 0 saturated heterocycles. The van der Waals surface area contributed by atoms with Gasteiger partial charge in [-0.2, -0.15) is 0 Å². The highest BCUT2D eigenvalue weighted by atomic mass is 16.4. The summed E-state index contributed by atoms with van der Waals surface area (Å²) in [6.07, 6.45) is 0.123. The Balaban J connectivity index is 0.000000367. The number of benzene rings is 1.